The SMILES string of the molecule is COc1ccc(-c2cc(C(=O)Nc3c(C)cccc3C)c3c(C)nn(C4CCS(=O)(=O)C4)c3n2)cc1. The minimum atomic E-state index is -3.13. The second-order valence-corrected chi connectivity index (χ2v) is 11.5. The molecule has 3 heterocycles. The third kappa shape index (κ3) is 4.35. The van der Waals surface area contributed by atoms with Crippen LogP contribution in [-0.2, 0) is 9.84 Å². The number of para-hydroxylation sites is 1. The number of aromatic nitrogens is 3. The summed E-state index contributed by atoms with van der Waals surface area (Å²) in [6, 6.07) is 14.8. The largest absolute Gasteiger partial charge is 0.497 e. The third-order valence-corrected chi connectivity index (χ3v) is 8.49. The molecule has 9 heteroatoms. The van der Waals surface area contributed by atoms with Gasteiger partial charge in [0.15, 0.2) is 15.5 Å². The molecule has 0 radical (unpaired) electrons. The second-order valence-electron chi connectivity index (χ2n) is 9.29. The number of methoxy groups -OCH3 is 1. The molecule has 1 aliphatic heterocycles. The van der Waals surface area contributed by atoms with Gasteiger partial charge in [0.05, 0.1) is 47.0 Å². The summed E-state index contributed by atoms with van der Waals surface area (Å²) in [6.07, 6.45) is 0.469. The van der Waals surface area contributed by atoms with E-state index in [2.05, 4.69) is 10.4 Å². The van der Waals surface area contributed by atoms with Crippen LogP contribution in [0.15, 0.2) is 48.5 Å². The Hall–Kier alpha value is -3.72. The number of nitrogens with one attached hydrogen (secondary N) is 1. The van der Waals surface area contributed by atoms with E-state index in [0.717, 1.165) is 22.4 Å². The maximum absolute atomic E-state index is 13.7. The maximum atomic E-state index is 13.7. The third-order valence-electron chi connectivity index (χ3n) is 6.74. The molecular formula is C27H28N4O4S. The topological polar surface area (TPSA) is 103 Å². The molecule has 4 aromatic rings. The number of pyridine rings is 1. The van der Waals surface area contributed by atoms with Gasteiger partial charge in [-0.15, -0.1) is 0 Å². The van der Waals surface area contributed by atoms with Crippen LogP contribution in [0.4, 0.5) is 5.69 Å². The van der Waals surface area contributed by atoms with Crippen LogP contribution in [0, 0.1) is 20.8 Å². The lowest BCUT2D eigenvalue weighted by atomic mass is 10.0. The first-order chi connectivity index (χ1) is 17.2. The molecule has 1 aliphatic rings. The molecule has 2 aromatic carbocycles. The molecule has 2 aromatic heterocycles. The van der Waals surface area contributed by atoms with E-state index in [1.165, 1.54) is 0 Å². The normalized spacial score (nSPS) is 16.8. The molecule has 0 spiro atoms. The van der Waals surface area contributed by atoms with Crippen LogP contribution in [0.2, 0.25) is 0 Å². The van der Waals surface area contributed by atoms with E-state index in [1.54, 1.807) is 17.9 Å². The number of nitrogens with zero attached hydrogens (tertiary/aromatic N) is 3. The van der Waals surface area contributed by atoms with E-state index < -0.39 is 9.84 Å². The summed E-state index contributed by atoms with van der Waals surface area (Å²) in [5.41, 5.74) is 5.69. The molecule has 8 nitrogen and oxygen atoms in total. The maximum Gasteiger partial charge on any atom is 0.256 e. The number of carbonyl (C=O) groups is 1. The zero-order valence-electron chi connectivity index (χ0n) is 20.7. The Morgan fingerprint density at radius 1 is 1.08 bits per heavy atom. The molecule has 1 saturated heterocycles. The van der Waals surface area contributed by atoms with Gasteiger partial charge in [0.2, 0.25) is 0 Å². The Kier molecular flexibility index (Phi) is 6.04. The van der Waals surface area contributed by atoms with Gasteiger partial charge in [0.25, 0.3) is 5.91 Å². The fourth-order valence-electron chi connectivity index (χ4n) is 4.82. The molecule has 1 N–H and O–H groups in total. The minimum absolute atomic E-state index is 0.0155. The Morgan fingerprint density at radius 2 is 1.78 bits per heavy atom. The fraction of sp³-hybridized carbons (Fsp3) is 0.296. The number of ether oxygens (including phenoxy) is 1. The zero-order valence-corrected chi connectivity index (χ0v) is 21.5. The number of sulfone groups is 1. The van der Waals surface area contributed by atoms with Gasteiger partial charge < -0.3 is 10.1 Å². The summed E-state index contributed by atoms with van der Waals surface area (Å²) in [5.74, 6) is 0.582. The van der Waals surface area contributed by atoms with Gasteiger partial charge in [-0.25, -0.2) is 18.1 Å². The van der Waals surface area contributed by atoms with Gasteiger partial charge in [0.1, 0.15) is 5.75 Å². The first-order valence-corrected chi connectivity index (χ1v) is 13.6. The van der Waals surface area contributed by atoms with Gasteiger partial charge in [-0.05, 0) is 68.7 Å². The lowest BCUT2D eigenvalue weighted by molar-refractivity contribution is 0.102. The summed E-state index contributed by atoms with van der Waals surface area (Å²) in [5, 5.41) is 8.38. The van der Waals surface area contributed by atoms with Gasteiger partial charge >= 0.3 is 0 Å². The number of hydrogen-bond acceptors (Lipinski definition) is 6. The van der Waals surface area contributed by atoms with Gasteiger partial charge in [-0.1, -0.05) is 18.2 Å². The first kappa shape index (κ1) is 24.0. The van der Waals surface area contributed by atoms with Crippen molar-refractivity contribution < 1.29 is 17.9 Å². The molecule has 186 valence electrons. The van der Waals surface area contributed by atoms with Crippen LogP contribution in [0.1, 0.15) is 39.6 Å². The average molecular weight is 505 g/mol. The predicted octanol–water partition coefficient (Wildman–Crippen LogP) is 4.64. The van der Waals surface area contributed by atoms with Crippen molar-refractivity contribution in [3.05, 3.63) is 70.9 Å². The number of carbonyl (C=O) groups excluding carboxylic acids is 1. The predicted molar refractivity (Wildman–Crippen MR) is 140 cm³/mol. The first-order valence-electron chi connectivity index (χ1n) is 11.8. The van der Waals surface area contributed by atoms with E-state index >= 15 is 0 Å². The van der Waals surface area contributed by atoms with Crippen LogP contribution >= 0.6 is 0 Å². The Morgan fingerprint density at radius 3 is 2.39 bits per heavy atom. The smallest absolute Gasteiger partial charge is 0.256 e. The van der Waals surface area contributed by atoms with Crippen molar-refractivity contribution in [2.45, 2.75) is 33.2 Å². The standard InChI is InChI=1S/C27H28N4O4S/c1-16-6-5-7-17(2)25(16)29-27(32)22-14-23(19-8-10-21(35-4)11-9-19)28-26-24(22)18(3)30-31(26)20-12-13-36(33,34)15-20/h5-11,14,20H,12-13,15H2,1-4H3,(H,29,32). The summed E-state index contributed by atoms with van der Waals surface area (Å²) in [4.78, 5) is 18.6. The number of aryl methyl sites for hydroxylation is 3. The number of rotatable bonds is 5. The van der Waals surface area contributed by atoms with Crippen molar-refractivity contribution in [3.63, 3.8) is 0 Å². The van der Waals surface area contributed by atoms with Crippen LogP contribution in [0.5, 0.6) is 5.75 Å². The summed E-state index contributed by atoms with van der Waals surface area (Å²) in [6.45, 7) is 5.74. The zero-order chi connectivity index (χ0) is 25.6. The lowest BCUT2D eigenvalue weighted by Crippen LogP contribution is -2.16. The molecule has 0 aliphatic carbocycles. The van der Waals surface area contributed by atoms with E-state index in [9.17, 15) is 13.2 Å². The molecular weight excluding hydrogens is 476 g/mol. The van der Waals surface area contributed by atoms with Crippen LogP contribution in [0.25, 0.3) is 22.3 Å². The van der Waals surface area contributed by atoms with Crippen LogP contribution < -0.4 is 10.1 Å². The van der Waals surface area contributed by atoms with Crippen molar-refractivity contribution in [3.8, 4) is 17.0 Å². The van der Waals surface area contributed by atoms with E-state index in [1.807, 2.05) is 63.2 Å². The van der Waals surface area contributed by atoms with Crippen molar-refractivity contribution in [1.82, 2.24) is 14.8 Å². The number of hydrogen-bond donors (Lipinski definition) is 1. The lowest BCUT2D eigenvalue weighted by Gasteiger charge is -2.14. The molecule has 5 rings (SSSR count). The van der Waals surface area contributed by atoms with Gasteiger partial charge in [0, 0.05) is 11.3 Å². The van der Waals surface area contributed by atoms with Gasteiger partial charge in [-0.3, -0.25) is 4.79 Å². The Bertz CT molecular complexity index is 1570. The van der Waals surface area contributed by atoms with E-state index in [0.29, 0.717) is 40.2 Å². The van der Waals surface area contributed by atoms with Gasteiger partial charge in [-0.2, -0.15) is 5.10 Å². The molecule has 0 bridgehead atoms. The molecule has 1 fully saturated rings. The summed E-state index contributed by atoms with van der Waals surface area (Å²) >= 11 is 0. The highest BCUT2D eigenvalue weighted by Crippen LogP contribution is 2.33. The number of amides is 1. The minimum Gasteiger partial charge on any atom is -0.497 e. The number of anilines is 1. The monoisotopic (exact) mass is 504 g/mol. The van der Waals surface area contributed by atoms with Crippen molar-refractivity contribution >= 4 is 32.5 Å². The number of fused-ring (bicyclic) bond motifs is 1. The van der Waals surface area contributed by atoms with E-state index in [4.69, 9.17) is 9.72 Å². The van der Waals surface area contributed by atoms with Crippen molar-refractivity contribution in [2.75, 3.05) is 23.9 Å². The average Bonchev–Trinajstić information content (AvgIpc) is 3.39. The highest BCUT2D eigenvalue weighted by molar-refractivity contribution is 7.91. The fourth-order valence-corrected chi connectivity index (χ4v) is 6.51. The Balaban J connectivity index is 1.69. The van der Waals surface area contributed by atoms with Crippen LogP contribution in [-0.4, -0.2) is 47.7 Å². The molecule has 0 saturated carbocycles. The highest BCUT2D eigenvalue weighted by Gasteiger charge is 2.32. The highest BCUT2D eigenvalue weighted by atomic mass is 32.2. The summed E-state index contributed by atoms with van der Waals surface area (Å²) < 4.78 is 31.4. The second kappa shape index (κ2) is 9.05. The quantitative estimate of drug-likeness (QED) is 0.425. The molecule has 1 unspecified atom stereocenters. The molecule has 1 atom stereocenters. The number of benzene rings is 2. The summed E-state index contributed by atoms with van der Waals surface area (Å²) in [7, 11) is -1.53. The van der Waals surface area contributed by atoms with Crippen molar-refractivity contribution in [1.29, 1.82) is 0 Å². The molecule has 1 amide bonds. The molecule has 36 heavy (non-hydrogen) atoms. The van der Waals surface area contributed by atoms with Crippen molar-refractivity contribution in [2.24, 2.45) is 0 Å². The van der Waals surface area contributed by atoms with E-state index in [-0.39, 0.29) is 23.5 Å². The Labute approximate surface area is 210 Å². The van der Waals surface area contributed by atoms with Crippen LogP contribution in [0.3, 0.4) is 0 Å².